The highest BCUT2D eigenvalue weighted by Gasteiger charge is 2.07. The number of aliphatic hydroxyl groups is 1. The van der Waals surface area contributed by atoms with Crippen LogP contribution in [-0.4, -0.2) is 36.2 Å². The van der Waals surface area contributed by atoms with E-state index in [1.165, 1.54) is 231 Å². The van der Waals surface area contributed by atoms with Crippen LogP contribution in [-0.2, 0) is 0 Å². The van der Waals surface area contributed by atoms with Crippen molar-refractivity contribution in [3.8, 4) is 0 Å². The second-order valence-corrected chi connectivity index (χ2v) is 15.0. The van der Waals surface area contributed by atoms with Gasteiger partial charge in [0.15, 0.2) is 0 Å². The van der Waals surface area contributed by atoms with Gasteiger partial charge in [0.2, 0.25) is 0 Å². The van der Waals surface area contributed by atoms with E-state index in [0.29, 0.717) is 6.61 Å². The van der Waals surface area contributed by atoms with Gasteiger partial charge in [-0.1, -0.05) is 206 Å². The SMILES string of the molecule is CCCCCCCCCCCC/C=C(\CCCCCCCCCCCC)CCCN(CCCO)CCCCCCCCCCCC. The van der Waals surface area contributed by atoms with Crippen molar-refractivity contribution in [1.82, 2.24) is 4.90 Å². The predicted octanol–water partition coefficient (Wildman–Crippen LogP) is 14.9. The van der Waals surface area contributed by atoms with Crippen molar-refractivity contribution in [2.75, 3.05) is 26.2 Å². The van der Waals surface area contributed by atoms with Crippen LogP contribution in [0.25, 0.3) is 0 Å². The van der Waals surface area contributed by atoms with E-state index in [0.717, 1.165) is 13.0 Å². The van der Waals surface area contributed by atoms with Crippen molar-refractivity contribution >= 4 is 0 Å². The van der Waals surface area contributed by atoms with Crippen LogP contribution in [0.3, 0.4) is 0 Å². The molecule has 1 N–H and O–H groups in total. The van der Waals surface area contributed by atoms with Crippen LogP contribution < -0.4 is 0 Å². The number of rotatable bonds is 40. The minimum Gasteiger partial charge on any atom is -0.396 e. The number of hydrogen-bond acceptors (Lipinski definition) is 2. The van der Waals surface area contributed by atoms with Gasteiger partial charge in [-0.05, 0) is 64.5 Å². The third-order valence-corrected chi connectivity index (χ3v) is 10.3. The van der Waals surface area contributed by atoms with E-state index in [2.05, 4.69) is 31.7 Å². The molecular weight excluding hydrogens is 558 g/mol. The fourth-order valence-corrected chi connectivity index (χ4v) is 7.09. The lowest BCUT2D eigenvalue weighted by atomic mass is 9.99. The summed E-state index contributed by atoms with van der Waals surface area (Å²) in [4.78, 5) is 2.67. The topological polar surface area (TPSA) is 23.5 Å². The van der Waals surface area contributed by atoms with Crippen LogP contribution in [0.15, 0.2) is 11.6 Å². The summed E-state index contributed by atoms with van der Waals surface area (Å²) in [5, 5.41) is 9.49. The fourth-order valence-electron chi connectivity index (χ4n) is 7.09. The molecule has 0 bridgehead atoms. The molecule has 0 aromatic heterocycles. The van der Waals surface area contributed by atoms with E-state index in [4.69, 9.17) is 0 Å². The average Bonchev–Trinajstić information content (AvgIpc) is 3.07. The number of unbranched alkanes of at least 4 members (excludes halogenated alkanes) is 28. The Morgan fingerprint density at radius 1 is 0.370 bits per heavy atom. The van der Waals surface area contributed by atoms with E-state index in [-0.39, 0.29) is 0 Å². The van der Waals surface area contributed by atoms with Gasteiger partial charge in [-0.25, -0.2) is 0 Å². The van der Waals surface area contributed by atoms with Gasteiger partial charge in [0.1, 0.15) is 0 Å². The first kappa shape index (κ1) is 45.7. The molecule has 0 saturated heterocycles. The van der Waals surface area contributed by atoms with E-state index >= 15 is 0 Å². The summed E-state index contributed by atoms with van der Waals surface area (Å²) in [6.45, 7) is 10.8. The normalized spacial score (nSPS) is 12.2. The Morgan fingerprint density at radius 2 is 0.696 bits per heavy atom. The Morgan fingerprint density at radius 3 is 1.13 bits per heavy atom. The number of allylic oxidation sites excluding steroid dienone is 2. The molecule has 0 rings (SSSR count). The minimum absolute atomic E-state index is 0.331. The molecule has 0 aromatic rings. The quantitative estimate of drug-likeness (QED) is 0.0528. The first-order valence-electron chi connectivity index (χ1n) is 21.8. The Labute approximate surface area is 292 Å². The Balaban J connectivity index is 4.40. The summed E-state index contributed by atoms with van der Waals surface area (Å²) in [6, 6.07) is 0. The van der Waals surface area contributed by atoms with Crippen LogP contribution in [0.2, 0.25) is 0 Å². The first-order chi connectivity index (χ1) is 22.8. The zero-order chi connectivity index (χ0) is 33.4. The standard InChI is InChI=1S/C44H89NO/c1-4-7-10-13-16-19-22-24-27-30-33-38-44(37-32-29-26-23-20-17-14-11-8-5-2)39-35-41-45(42-36-43-46)40-34-31-28-25-21-18-15-12-9-6-3/h38,46H,4-37,39-43H2,1-3H3/b44-38+. The lowest BCUT2D eigenvalue weighted by molar-refractivity contribution is 0.219. The maximum absolute atomic E-state index is 9.49. The van der Waals surface area contributed by atoms with Crippen LogP contribution >= 0.6 is 0 Å². The summed E-state index contributed by atoms with van der Waals surface area (Å²) in [5.74, 6) is 0. The van der Waals surface area contributed by atoms with Gasteiger partial charge in [0, 0.05) is 13.2 Å². The summed E-state index contributed by atoms with van der Waals surface area (Å²) in [7, 11) is 0. The third-order valence-electron chi connectivity index (χ3n) is 10.3. The first-order valence-corrected chi connectivity index (χ1v) is 21.8. The molecule has 0 aliphatic carbocycles. The van der Waals surface area contributed by atoms with Gasteiger partial charge in [0.25, 0.3) is 0 Å². The Bertz CT molecular complexity index is 572. The van der Waals surface area contributed by atoms with Crippen molar-refractivity contribution in [1.29, 1.82) is 0 Å². The lowest BCUT2D eigenvalue weighted by Gasteiger charge is -2.22. The molecule has 0 atom stereocenters. The molecule has 2 nitrogen and oxygen atoms in total. The molecule has 46 heavy (non-hydrogen) atoms. The zero-order valence-corrected chi connectivity index (χ0v) is 32.5. The molecule has 0 spiro atoms. The molecule has 0 saturated carbocycles. The summed E-state index contributed by atoms with van der Waals surface area (Å²) in [5.41, 5.74) is 1.76. The molecule has 0 aliphatic heterocycles. The van der Waals surface area contributed by atoms with Gasteiger partial charge < -0.3 is 10.0 Å². The van der Waals surface area contributed by atoms with Crippen molar-refractivity contribution in [3.05, 3.63) is 11.6 Å². The second kappa shape index (κ2) is 40.8. The second-order valence-electron chi connectivity index (χ2n) is 15.0. The van der Waals surface area contributed by atoms with Gasteiger partial charge >= 0.3 is 0 Å². The third kappa shape index (κ3) is 36.5. The number of aliphatic hydroxyl groups excluding tert-OH is 1. The molecular formula is C44H89NO. The van der Waals surface area contributed by atoms with E-state index in [1.807, 2.05) is 0 Å². The molecule has 0 amide bonds. The maximum Gasteiger partial charge on any atom is 0.0443 e. The Hall–Kier alpha value is -0.340. The molecule has 0 fully saturated rings. The molecule has 0 radical (unpaired) electrons. The van der Waals surface area contributed by atoms with Crippen LogP contribution in [0.4, 0.5) is 0 Å². The predicted molar refractivity (Wildman–Crippen MR) is 210 cm³/mol. The summed E-state index contributed by atoms with van der Waals surface area (Å²) >= 11 is 0. The highest BCUT2D eigenvalue weighted by atomic mass is 16.3. The van der Waals surface area contributed by atoms with Crippen molar-refractivity contribution in [2.45, 2.75) is 245 Å². The number of hydrogen-bond donors (Lipinski definition) is 1. The summed E-state index contributed by atoms with van der Waals surface area (Å²) < 4.78 is 0. The van der Waals surface area contributed by atoms with E-state index < -0.39 is 0 Å². The van der Waals surface area contributed by atoms with E-state index in [9.17, 15) is 5.11 Å². The van der Waals surface area contributed by atoms with Crippen LogP contribution in [0.1, 0.15) is 245 Å². The maximum atomic E-state index is 9.49. The van der Waals surface area contributed by atoms with Gasteiger partial charge in [0.05, 0.1) is 0 Å². The Kier molecular flexibility index (Phi) is 40.5. The monoisotopic (exact) mass is 648 g/mol. The van der Waals surface area contributed by atoms with Crippen LogP contribution in [0.5, 0.6) is 0 Å². The lowest BCUT2D eigenvalue weighted by Crippen LogP contribution is -2.28. The molecule has 0 aliphatic rings. The highest BCUT2D eigenvalue weighted by molar-refractivity contribution is 5.02. The number of nitrogens with zero attached hydrogens (tertiary/aromatic N) is 1. The van der Waals surface area contributed by atoms with Gasteiger partial charge in [-0.2, -0.15) is 0 Å². The van der Waals surface area contributed by atoms with E-state index in [1.54, 1.807) is 5.57 Å². The van der Waals surface area contributed by atoms with Gasteiger partial charge in [-0.15, -0.1) is 0 Å². The van der Waals surface area contributed by atoms with Crippen molar-refractivity contribution < 1.29 is 5.11 Å². The zero-order valence-electron chi connectivity index (χ0n) is 32.5. The average molecular weight is 648 g/mol. The largest absolute Gasteiger partial charge is 0.396 e. The minimum atomic E-state index is 0.331. The summed E-state index contributed by atoms with van der Waals surface area (Å²) in [6.07, 6.45) is 51.5. The van der Waals surface area contributed by atoms with Crippen molar-refractivity contribution in [3.63, 3.8) is 0 Å². The molecule has 2 heteroatoms. The molecule has 0 aromatic carbocycles. The van der Waals surface area contributed by atoms with Gasteiger partial charge in [-0.3, -0.25) is 0 Å². The molecule has 0 heterocycles. The highest BCUT2D eigenvalue weighted by Crippen LogP contribution is 2.20. The smallest absolute Gasteiger partial charge is 0.0443 e. The van der Waals surface area contributed by atoms with Crippen molar-refractivity contribution in [2.24, 2.45) is 0 Å². The molecule has 0 unspecified atom stereocenters. The van der Waals surface area contributed by atoms with Crippen LogP contribution in [0, 0.1) is 0 Å². The molecule has 276 valence electrons. The fraction of sp³-hybridized carbons (Fsp3) is 0.955.